The lowest BCUT2D eigenvalue weighted by atomic mass is 10.0. The maximum absolute atomic E-state index is 14.0. The van der Waals surface area contributed by atoms with Crippen LogP contribution in [-0.2, 0) is 0 Å². The molecule has 0 aliphatic carbocycles. The molecule has 7 heteroatoms. The van der Waals surface area contributed by atoms with Crippen LogP contribution in [0.15, 0.2) is 42.6 Å². The molecule has 0 unspecified atom stereocenters. The minimum atomic E-state index is -0.624. The van der Waals surface area contributed by atoms with Gasteiger partial charge in [-0.2, -0.15) is 5.26 Å². The number of halogens is 1. The minimum Gasteiger partial charge on any atom is -0.297 e. The van der Waals surface area contributed by atoms with Gasteiger partial charge in [0, 0.05) is 22.2 Å². The van der Waals surface area contributed by atoms with Gasteiger partial charge in [-0.3, -0.25) is 20.2 Å². The van der Waals surface area contributed by atoms with Crippen molar-refractivity contribution in [1.29, 1.82) is 16.1 Å². The van der Waals surface area contributed by atoms with Crippen molar-refractivity contribution in [3.8, 4) is 27.6 Å². The third-order valence-corrected chi connectivity index (χ3v) is 4.76. The van der Waals surface area contributed by atoms with E-state index in [0.29, 0.717) is 21.6 Å². The molecule has 3 rings (SSSR count). The number of nitriles is 1. The summed E-state index contributed by atoms with van der Waals surface area (Å²) in [5.41, 5.74) is 2.02. The Kier molecular flexibility index (Phi) is 4.37. The lowest BCUT2D eigenvalue weighted by molar-refractivity contribution is 0.112. The number of nitrogens with zero attached hydrogens (tertiary/aromatic N) is 2. The number of thiophene rings is 1. The van der Waals surface area contributed by atoms with Crippen molar-refractivity contribution in [2.45, 2.75) is 0 Å². The van der Waals surface area contributed by atoms with Gasteiger partial charge in [-0.15, -0.1) is 11.3 Å². The normalized spacial score (nSPS) is 10.2. The molecule has 0 saturated heterocycles. The van der Waals surface area contributed by atoms with E-state index in [4.69, 9.17) is 16.1 Å². The maximum Gasteiger partial charge on any atom is 0.160 e. The molecule has 2 aromatic heterocycles. The second-order valence-electron chi connectivity index (χ2n) is 5.16. The Balaban J connectivity index is 2.22. The van der Waals surface area contributed by atoms with Crippen LogP contribution in [0.4, 0.5) is 4.39 Å². The molecule has 3 aromatic rings. The average molecular weight is 350 g/mol. The van der Waals surface area contributed by atoms with E-state index in [1.54, 1.807) is 36.5 Å². The Hall–Kier alpha value is -3.37. The van der Waals surface area contributed by atoms with Gasteiger partial charge in [0.25, 0.3) is 0 Å². The highest BCUT2D eigenvalue weighted by atomic mass is 32.1. The number of aldehydes is 1. The smallest absolute Gasteiger partial charge is 0.160 e. The van der Waals surface area contributed by atoms with E-state index < -0.39 is 5.82 Å². The van der Waals surface area contributed by atoms with Crippen LogP contribution in [-0.4, -0.2) is 17.2 Å². The topological polar surface area (TPSA) is 93.5 Å². The molecule has 2 heterocycles. The van der Waals surface area contributed by atoms with Gasteiger partial charge >= 0.3 is 0 Å². The molecule has 0 atom stereocenters. The molecular weight excluding hydrogens is 339 g/mol. The lowest BCUT2D eigenvalue weighted by Crippen LogP contribution is -2.17. The molecule has 0 fully saturated rings. The van der Waals surface area contributed by atoms with Gasteiger partial charge in [0.1, 0.15) is 17.4 Å². The highest BCUT2D eigenvalue weighted by Gasteiger charge is 2.15. The van der Waals surface area contributed by atoms with Crippen LogP contribution in [0.5, 0.6) is 0 Å². The first-order chi connectivity index (χ1) is 12.1. The molecule has 1 aromatic carbocycles. The predicted molar refractivity (Wildman–Crippen MR) is 93.3 cm³/mol. The van der Waals surface area contributed by atoms with E-state index in [0.717, 1.165) is 17.5 Å². The predicted octanol–water partition coefficient (Wildman–Crippen LogP) is 3.64. The van der Waals surface area contributed by atoms with E-state index in [1.807, 2.05) is 0 Å². The zero-order valence-electron chi connectivity index (χ0n) is 12.8. The Bertz CT molecular complexity index is 1090. The van der Waals surface area contributed by atoms with E-state index in [9.17, 15) is 9.18 Å². The fourth-order valence-corrected chi connectivity index (χ4v) is 3.41. The summed E-state index contributed by atoms with van der Waals surface area (Å²) in [6.45, 7) is 0. The zero-order chi connectivity index (χ0) is 18.0. The Morgan fingerprint density at radius 1 is 1.20 bits per heavy atom. The van der Waals surface area contributed by atoms with Crippen LogP contribution in [0.3, 0.4) is 0 Å². The number of carbonyl (C=O) groups excluding carboxylic acids is 1. The molecular formula is C18H11FN4OS. The molecule has 25 heavy (non-hydrogen) atoms. The lowest BCUT2D eigenvalue weighted by Gasteiger charge is -2.07. The molecule has 5 nitrogen and oxygen atoms in total. The molecule has 0 spiro atoms. The number of aromatic nitrogens is 1. The molecule has 0 amide bonds. The number of benzene rings is 1. The molecule has 122 valence electrons. The monoisotopic (exact) mass is 350 g/mol. The fraction of sp³-hybridized carbons (Fsp3) is 0. The zero-order valence-corrected chi connectivity index (χ0v) is 13.6. The van der Waals surface area contributed by atoms with E-state index in [1.165, 1.54) is 28.0 Å². The Morgan fingerprint density at radius 3 is 2.60 bits per heavy atom. The Labute approximate surface area is 146 Å². The third kappa shape index (κ3) is 3.03. The summed E-state index contributed by atoms with van der Waals surface area (Å²) in [7, 11) is 0. The summed E-state index contributed by atoms with van der Waals surface area (Å²) in [5, 5.41) is 24.0. The van der Waals surface area contributed by atoms with Crippen molar-refractivity contribution in [2.24, 2.45) is 0 Å². The number of pyridine rings is 1. The van der Waals surface area contributed by atoms with Gasteiger partial charge < -0.3 is 0 Å². The van der Waals surface area contributed by atoms with Crippen molar-refractivity contribution in [1.82, 2.24) is 4.57 Å². The average Bonchev–Trinajstić information content (AvgIpc) is 3.06. The number of carbonyl (C=O) groups is 1. The second-order valence-corrected chi connectivity index (χ2v) is 6.24. The van der Waals surface area contributed by atoms with Crippen LogP contribution < -0.4 is 5.49 Å². The first-order valence-corrected chi connectivity index (χ1v) is 7.96. The largest absolute Gasteiger partial charge is 0.297 e. The second kappa shape index (κ2) is 6.63. The van der Waals surface area contributed by atoms with Crippen LogP contribution in [0.2, 0.25) is 0 Å². The summed E-state index contributed by atoms with van der Waals surface area (Å²) < 4.78 is 15.3. The van der Waals surface area contributed by atoms with Crippen LogP contribution in [0.1, 0.15) is 15.2 Å². The van der Waals surface area contributed by atoms with E-state index in [-0.39, 0.29) is 11.1 Å². The number of nitrogens with one attached hydrogen (secondary N) is 2. The van der Waals surface area contributed by atoms with Gasteiger partial charge in [-0.05, 0) is 35.9 Å². The van der Waals surface area contributed by atoms with Gasteiger partial charge in [0.15, 0.2) is 6.29 Å². The number of rotatable bonds is 4. The van der Waals surface area contributed by atoms with Crippen molar-refractivity contribution in [3.63, 3.8) is 0 Å². The van der Waals surface area contributed by atoms with Crippen molar-refractivity contribution < 1.29 is 9.18 Å². The Morgan fingerprint density at radius 2 is 1.96 bits per heavy atom. The molecule has 0 saturated carbocycles. The SMILES string of the molecule is N#Cc1ccc(-c2cc(C=O)sc2-c2ccc(=N)n(C=N)c2)cc1F. The standard InChI is InChI=1S/C18H11FN4OS/c19-16-5-11(1-2-12(16)7-20)15-6-14(9-24)25-18(15)13-3-4-17(22)23(8-13)10-21/h1-6,8-10,21-22H. The third-order valence-electron chi connectivity index (χ3n) is 3.65. The van der Waals surface area contributed by atoms with E-state index in [2.05, 4.69) is 0 Å². The molecule has 0 bridgehead atoms. The van der Waals surface area contributed by atoms with Crippen LogP contribution in [0.25, 0.3) is 21.6 Å². The minimum absolute atomic E-state index is 0.0450. The molecule has 0 radical (unpaired) electrons. The highest BCUT2D eigenvalue weighted by Crippen LogP contribution is 2.39. The maximum atomic E-state index is 14.0. The fourth-order valence-electron chi connectivity index (χ4n) is 2.43. The molecule has 0 aliphatic rings. The van der Waals surface area contributed by atoms with Crippen molar-refractivity contribution >= 4 is 24.0 Å². The van der Waals surface area contributed by atoms with Gasteiger partial charge in [0.05, 0.1) is 16.8 Å². The van der Waals surface area contributed by atoms with Crippen molar-refractivity contribution in [2.75, 3.05) is 0 Å². The quantitative estimate of drug-likeness (QED) is 0.427. The van der Waals surface area contributed by atoms with Gasteiger partial charge in [-0.1, -0.05) is 6.07 Å². The summed E-state index contributed by atoms with van der Waals surface area (Å²) >= 11 is 1.24. The van der Waals surface area contributed by atoms with Crippen LogP contribution in [0, 0.1) is 28.0 Å². The number of hydrogen-bond donors (Lipinski definition) is 2. The first kappa shape index (κ1) is 16.5. The van der Waals surface area contributed by atoms with Gasteiger partial charge in [0.2, 0.25) is 0 Å². The summed E-state index contributed by atoms with van der Waals surface area (Å²) in [6, 6.07) is 11.0. The molecule has 0 aliphatic heterocycles. The summed E-state index contributed by atoms with van der Waals surface area (Å²) in [4.78, 5) is 12.4. The van der Waals surface area contributed by atoms with Crippen molar-refractivity contribution in [3.05, 3.63) is 64.3 Å². The number of hydrogen-bond acceptors (Lipinski definition) is 5. The summed E-state index contributed by atoms with van der Waals surface area (Å²) in [5.74, 6) is -0.624. The van der Waals surface area contributed by atoms with E-state index >= 15 is 0 Å². The highest BCUT2D eigenvalue weighted by molar-refractivity contribution is 7.17. The van der Waals surface area contributed by atoms with Gasteiger partial charge in [-0.25, -0.2) is 4.39 Å². The summed E-state index contributed by atoms with van der Waals surface area (Å²) in [6.07, 6.45) is 3.35. The van der Waals surface area contributed by atoms with Crippen LogP contribution >= 0.6 is 11.3 Å². The first-order valence-electron chi connectivity index (χ1n) is 7.14. The molecule has 2 N–H and O–H groups in total.